The number of terminal acetylenes is 2. The lowest BCUT2D eigenvalue weighted by Gasteiger charge is -2.13. The number of hydrogen-bond donors (Lipinski definition) is 0. The van der Waals surface area contributed by atoms with Crippen molar-refractivity contribution in [2.45, 2.75) is 156 Å². The van der Waals surface area contributed by atoms with Crippen molar-refractivity contribution in [2.75, 3.05) is 0 Å². The van der Waals surface area contributed by atoms with Crippen LogP contribution in [0.25, 0.3) is 0 Å². The first-order chi connectivity index (χ1) is 20.6. The highest BCUT2D eigenvalue weighted by atomic mass is 15.1. The third-order valence-electron chi connectivity index (χ3n) is 8.38. The van der Waals surface area contributed by atoms with Crippen LogP contribution in [0.5, 0.6) is 0 Å². The average Bonchev–Trinajstić information content (AvgIpc) is 3.01. The molecule has 0 aliphatic carbocycles. The SMILES string of the molecule is C#Cc1cc(N=Nc2cc(C#C)c(CCCCCC)cc2CCCCCC)c(CCCCCC)cc1CCCCCC. The third-order valence-corrected chi connectivity index (χ3v) is 8.38. The Hall–Kier alpha value is -2.84. The maximum Gasteiger partial charge on any atom is 0.0901 e. The van der Waals surface area contributed by atoms with Gasteiger partial charge in [0.25, 0.3) is 0 Å². The molecule has 0 bridgehead atoms. The van der Waals surface area contributed by atoms with E-state index in [0.29, 0.717) is 0 Å². The second-order valence-electron chi connectivity index (χ2n) is 12.0. The largest absolute Gasteiger partial charge is 0.150 e. The minimum atomic E-state index is 0.916. The first kappa shape index (κ1) is 35.4. The zero-order valence-electron chi connectivity index (χ0n) is 27.5. The first-order valence-corrected chi connectivity index (χ1v) is 17.3. The predicted molar refractivity (Wildman–Crippen MR) is 184 cm³/mol. The molecule has 0 atom stereocenters. The van der Waals surface area contributed by atoms with E-state index in [4.69, 9.17) is 23.1 Å². The summed E-state index contributed by atoms with van der Waals surface area (Å²) in [5.41, 5.74) is 8.88. The molecule has 0 heterocycles. The molecule has 0 saturated heterocycles. The van der Waals surface area contributed by atoms with E-state index in [1.807, 2.05) is 0 Å². The van der Waals surface area contributed by atoms with Crippen LogP contribution in [0, 0.1) is 24.7 Å². The highest BCUT2D eigenvalue weighted by Crippen LogP contribution is 2.32. The van der Waals surface area contributed by atoms with Crippen molar-refractivity contribution in [3.63, 3.8) is 0 Å². The van der Waals surface area contributed by atoms with Crippen LogP contribution in [0.3, 0.4) is 0 Å². The lowest BCUT2D eigenvalue weighted by atomic mass is 9.94. The molecule has 2 heteroatoms. The van der Waals surface area contributed by atoms with Gasteiger partial charge in [0.15, 0.2) is 0 Å². The van der Waals surface area contributed by atoms with E-state index in [1.54, 1.807) is 0 Å². The van der Waals surface area contributed by atoms with Crippen LogP contribution >= 0.6 is 0 Å². The van der Waals surface area contributed by atoms with Gasteiger partial charge in [-0.2, -0.15) is 10.2 Å². The Balaban J connectivity index is 2.44. The Morgan fingerprint density at radius 1 is 0.429 bits per heavy atom. The predicted octanol–water partition coefficient (Wildman–Crippen LogP) is 12.6. The summed E-state index contributed by atoms with van der Waals surface area (Å²) < 4.78 is 0. The Morgan fingerprint density at radius 2 is 0.738 bits per heavy atom. The Bertz CT molecular complexity index is 1070. The maximum absolute atomic E-state index is 6.02. The van der Waals surface area contributed by atoms with Crippen LogP contribution in [-0.2, 0) is 25.7 Å². The number of hydrogen-bond acceptors (Lipinski definition) is 2. The van der Waals surface area contributed by atoms with E-state index < -0.39 is 0 Å². The van der Waals surface area contributed by atoms with Gasteiger partial charge in [-0.1, -0.05) is 129 Å². The Morgan fingerprint density at radius 3 is 1.02 bits per heavy atom. The topological polar surface area (TPSA) is 24.7 Å². The summed E-state index contributed by atoms with van der Waals surface area (Å²) >= 11 is 0. The molecule has 2 rings (SSSR count). The zero-order chi connectivity index (χ0) is 30.4. The van der Waals surface area contributed by atoms with Gasteiger partial charge in [-0.3, -0.25) is 0 Å². The number of rotatable bonds is 22. The molecule has 0 unspecified atom stereocenters. The fourth-order valence-corrected chi connectivity index (χ4v) is 5.71. The monoisotopic (exact) mass is 566 g/mol. The maximum atomic E-state index is 6.02. The van der Waals surface area contributed by atoms with Crippen molar-refractivity contribution in [1.82, 2.24) is 0 Å². The summed E-state index contributed by atoms with van der Waals surface area (Å²) in [5, 5.41) is 9.78. The van der Waals surface area contributed by atoms with Gasteiger partial charge < -0.3 is 0 Å². The number of benzene rings is 2. The lowest BCUT2D eigenvalue weighted by molar-refractivity contribution is 0.660. The molecular formula is C40H58N2. The van der Waals surface area contributed by atoms with Crippen molar-refractivity contribution in [1.29, 1.82) is 0 Å². The van der Waals surface area contributed by atoms with Crippen LogP contribution in [0.2, 0.25) is 0 Å². The summed E-state index contributed by atoms with van der Waals surface area (Å²) in [6.45, 7) is 9.03. The number of azo groups is 1. The summed E-state index contributed by atoms with van der Waals surface area (Å²) in [7, 11) is 0. The van der Waals surface area contributed by atoms with Gasteiger partial charge in [-0.25, -0.2) is 0 Å². The molecular weight excluding hydrogens is 508 g/mol. The summed E-state index contributed by atoms with van der Waals surface area (Å²) in [4.78, 5) is 0. The van der Waals surface area contributed by atoms with E-state index in [9.17, 15) is 0 Å². The quantitative estimate of drug-likeness (QED) is 0.0769. The molecule has 2 aromatic rings. The minimum Gasteiger partial charge on any atom is -0.150 e. The van der Waals surface area contributed by atoms with Gasteiger partial charge in [0.2, 0.25) is 0 Å². The molecule has 0 spiro atoms. The second-order valence-corrected chi connectivity index (χ2v) is 12.0. The fourth-order valence-electron chi connectivity index (χ4n) is 5.71. The third kappa shape index (κ3) is 12.6. The number of unbranched alkanes of at least 4 members (excludes halogenated alkanes) is 12. The molecule has 0 amide bonds. The molecule has 2 aromatic carbocycles. The van der Waals surface area contributed by atoms with Gasteiger partial charge in [0.05, 0.1) is 11.4 Å². The molecule has 0 aliphatic heterocycles. The van der Waals surface area contributed by atoms with E-state index in [-0.39, 0.29) is 0 Å². The molecule has 228 valence electrons. The summed E-state index contributed by atoms with van der Waals surface area (Å²) in [6, 6.07) is 8.89. The van der Waals surface area contributed by atoms with E-state index in [0.717, 1.165) is 61.0 Å². The summed E-state index contributed by atoms with van der Waals surface area (Å²) in [6.07, 6.45) is 35.8. The molecule has 0 aromatic heterocycles. The molecule has 0 saturated carbocycles. The Labute approximate surface area is 259 Å². The first-order valence-electron chi connectivity index (χ1n) is 17.3. The van der Waals surface area contributed by atoms with Crippen LogP contribution in [-0.4, -0.2) is 0 Å². The fraction of sp³-hybridized carbons (Fsp3) is 0.600. The number of nitrogens with zero attached hydrogens (tertiary/aromatic N) is 2. The second kappa shape index (κ2) is 21.8. The van der Waals surface area contributed by atoms with Crippen molar-refractivity contribution < 1.29 is 0 Å². The van der Waals surface area contributed by atoms with E-state index >= 15 is 0 Å². The molecule has 0 radical (unpaired) electrons. The van der Waals surface area contributed by atoms with Gasteiger partial charge in [0.1, 0.15) is 0 Å². The standard InChI is InChI=1S/C40H58N2/c1-7-13-17-21-25-35-29-37(27-23-19-15-9-3)39(31-33(35)11-5)41-42-40-32-34(12-6)36(26-22-18-14-8-2)30-38(40)28-24-20-16-10-4/h5-6,29-32H,7-10,13-28H2,1-4H3. The van der Waals surface area contributed by atoms with Gasteiger partial charge in [0, 0.05) is 11.1 Å². The molecule has 0 fully saturated rings. The Kier molecular flexibility index (Phi) is 18.4. The van der Waals surface area contributed by atoms with Crippen molar-refractivity contribution in [2.24, 2.45) is 10.2 Å². The van der Waals surface area contributed by atoms with Gasteiger partial charge in [-0.05, 0) is 85.8 Å². The van der Waals surface area contributed by atoms with Crippen LogP contribution in [0.15, 0.2) is 34.5 Å². The molecule has 42 heavy (non-hydrogen) atoms. The van der Waals surface area contributed by atoms with Crippen molar-refractivity contribution >= 4 is 11.4 Å². The van der Waals surface area contributed by atoms with E-state index in [2.05, 4.69) is 63.8 Å². The van der Waals surface area contributed by atoms with Crippen molar-refractivity contribution in [3.8, 4) is 24.7 Å². The van der Waals surface area contributed by atoms with Gasteiger partial charge >= 0.3 is 0 Å². The molecule has 2 nitrogen and oxygen atoms in total. The van der Waals surface area contributed by atoms with E-state index in [1.165, 1.54) is 112 Å². The summed E-state index contributed by atoms with van der Waals surface area (Å²) in [5.74, 6) is 5.91. The average molecular weight is 567 g/mol. The van der Waals surface area contributed by atoms with Gasteiger partial charge in [-0.15, -0.1) is 12.8 Å². The zero-order valence-corrected chi connectivity index (χ0v) is 27.5. The highest BCUT2D eigenvalue weighted by Gasteiger charge is 2.12. The smallest absolute Gasteiger partial charge is 0.0901 e. The lowest BCUT2D eigenvalue weighted by Crippen LogP contribution is -1.97. The van der Waals surface area contributed by atoms with Crippen molar-refractivity contribution in [3.05, 3.63) is 57.6 Å². The molecule has 0 aliphatic rings. The number of aryl methyl sites for hydroxylation is 4. The highest BCUT2D eigenvalue weighted by molar-refractivity contribution is 5.59. The minimum absolute atomic E-state index is 0.916. The molecule has 0 N–H and O–H groups in total. The van der Waals surface area contributed by atoms with Crippen LogP contribution in [0.1, 0.15) is 164 Å². The normalized spacial score (nSPS) is 11.2. The van der Waals surface area contributed by atoms with Crippen LogP contribution < -0.4 is 0 Å². The van der Waals surface area contributed by atoms with Crippen LogP contribution in [0.4, 0.5) is 11.4 Å².